The van der Waals surface area contributed by atoms with Gasteiger partial charge in [0.25, 0.3) is 5.91 Å². The number of carbonyl (C=O) groups is 1. The van der Waals surface area contributed by atoms with E-state index in [1.807, 2.05) is 61.5 Å². The average molecular weight is 363 g/mol. The first kappa shape index (κ1) is 16.3. The molecule has 0 saturated heterocycles. The highest BCUT2D eigenvalue weighted by molar-refractivity contribution is 6.34. The van der Waals surface area contributed by atoms with E-state index in [2.05, 4.69) is 15.4 Å². The monoisotopic (exact) mass is 362 g/mol. The molecule has 1 amide bonds. The van der Waals surface area contributed by atoms with Gasteiger partial charge in [0.1, 0.15) is 11.5 Å². The molecule has 2 heterocycles. The molecule has 0 atom stereocenters. The molecule has 128 valence electrons. The topological polar surface area (TPSA) is 59.8 Å². The lowest BCUT2D eigenvalue weighted by molar-refractivity contribution is 0.102. The van der Waals surface area contributed by atoms with Gasteiger partial charge in [-0.1, -0.05) is 48.0 Å². The third-order valence-corrected chi connectivity index (χ3v) is 4.25. The number of rotatable bonds is 3. The molecule has 1 N–H and O–H groups in total. The van der Waals surface area contributed by atoms with Gasteiger partial charge in [0.05, 0.1) is 21.9 Å². The molecule has 0 saturated carbocycles. The molecule has 5 nitrogen and oxygen atoms in total. The SMILES string of the molecule is Cc1cc(NC(=O)c2nc3ccccc3cc2Cl)n(-c2ccccc2)n1. The Labute approximate surface area is 155 Å². The van der Waals surface area contributed by atoms with E-state index in [-0.39, 0.29) is 11.6 Å². The molecule has 0 aliphatic heterocycles. The predicted molar refractivity (Wildman–Crippen MR) is 103 cm³/mol. The predicted octanol–water partition coefficient (Wildman–Crippen LogP) is 4.63. The van der Waals surface area contributed by atoms with Gasteiger partial charge in [0, 0.05) is 11.5 Å². The fraction of sp³-hybridized carbons (Fsp3) is 0.0500. The molecule has 2 aromatic carbocycles. The van der Waals surface area contributed by atoms with Gasteiger partial charge in [0.15, 0.2) is 0 Å². The second kappa shape index (κ2) is 6.61. The van der Waals surface area contributed by atoms with Crippen LogP contribution in [0.25, 0.3) is 16.6 Å². The Morgan fingerprint density at radius 2 is 1.77 bits per heavy atom. The quantitative estimate of drug-likeness (QED) is 0.577. The van der Waals surface area contributed by atoms with Gasteiger partial charge in [-0.3, -0.25) is 4.79 Å². The molecule has 4 rings (SSSR count). The molecular weight excluding hydrogens is 348 g/mol. The molecule has 0 spiro atoms. The van der Waals surface area contributed by atoms with Gasteiger partial charge in [-0.2, -0.15) is 5.10 Å². The number of halogens is 1. The standard InChI is InChI=1S/C20H15ClN4O/c1-13-11-18(25(24-13)15-8-3-2-4-9-15)23-20(26)19-16(21)12-14-7-5-6-10-17(14)22-19/h2-12H,1H3,(H,23,26). The van der Waals surface area contributed by atoms with Crippen LogP contribution in [0.4, 0.5) is 5.82 Å². The molecule has 0 fully saturated rings. The van der Waals surface area contributed by atoms with Crippen molar-refractivity contribution < 1.29 is 4.79 Å². The minimum absolute atomic E-state index is 0.184. The van der Waals surface area contributed by atoms with Crippen molar-refractivity contribution in [1.82, 2.24) is 14.8 Å². The van der Waals surface area contributed by atoms with E-state index in [0.717, 1.165) is 22.3 Å². The van der Waals surface area contributed by atoms with Crippen molar-refractivity contribution >= 4 is 34.2 Å². The number of aromatic nitrogens is 3. The number of hydrogen-bond donors (Lipinski definition) is 1. The van der Waals surface area contributed by atoms with E-state index in [1.165, 1.54) is 0 Å². The summed E-state index contributed by atoms with van der Waals surface area (Å²) in [5.41, 5.74) is 2.55. The summed E-state index contributed by atoms with van der Waals surface area (Å²) in [5, 5.41) is 8.51. The number of hydrogen-bond acceptors (Lipinski definition) is 3. The Hall–Kier alpha value is -3.18. The molecule has 6 heteroatoms. The fourth-order valence-corrected chi connectivity index (χ4v) is 3.03. The molecular formula is C20H15ClN4O. The Morgan fingerprint density at radius 1 is 1.04 bits per heavy atom. The van der Waals surface area contributed by atoms with Crippen molar-refractivity contribution in [2.45, 2.75) is 6.92 Å². The van der Waals surface area contributed by atoms with Gasteiger partial charge in [-0.25, -0.2) is 9.67 Å². The van der Waals surface area contributed by atoms with Crippen LogP contribution in [-0.4, -0.2) is 20.7 Å². The lowest BCUT2D eigenvalue weighted by Gasteiger charge is -2.10. The maximum absolute atomic E-state index is 12.8. The number of carbonyl (C=O) groups excluding carboxylic acids is 1. The van der Waals surface area contributed by atoms with Crippen molar-refractivity contribution in [3.63, 3.8) is 0 Å². The number of para-hydroxylation sites is 2. The van der Waals surface area contributed by atoms with Crippen LogP contribution < -0.4 is 5.32 Å². The van der Waals surface area contributed by atoms with Crippen LogP contribution in [0.5, 0.6) is 0 Å². The van der Waals surface area contributed by atoms with E-state index in [9.17, 15) is 4.79 Å². The zero-order chi connectivity index (χ0) is 18.1. The van der Waals surface area contributed by atoms with Crippen LogP contribution >= 0.6 is 11.6 Å². The Balaban J connectivity index is 1.70. The van der Waals surface area contributed by atoms with Gasteiger partial charge in [-0.05, 0) is 31.2 Å². The molecule has 2 aromatic heterocycles. The molecule has 0 unspecified atom stereocenters. The van der Waals surface area contributed by atoms with Crippen LogP contribution in [0.1, 0.15) is 16.2 Å². The first-order valence-electron chi connectivity index (χ1n) is 8.10. The number of pyridine rings is 1. The summed E-state index contributed by atoms with van der Waals surface area (Å²) in [5.74, 6) is 0.183. The van der Waals surface area contributed by atoms with Gasteiger partial charge in [-0.15, -0.1) is 0 Å². The minimum Gasteiger partial charge on any atom is -0.305 e. The molecule has 0 aliphatic rings. The normalized spacial score (nSPS) is 10.8. The van der Waals surface area contributed by atoms with E-state index in [4.69, 9.17) is 11.6 Å². The van der Waals surface area contributed by atoms with Crippen molar-refractivity contribution in [2.75, 3.05) is 5.32 Å². The molecule has 0 aliphatic carbocycles. The smallest absolute Gasteiger partial charge is 0.276 e. The number of nitrogens with one attached hydrogen (secondary N) is 1. The third-order valence-electron chi connectivity index (χ3n) is 3.97. The summed E-state index contributed by atoms with van der Waals surface area (Å²) >= 11 is 6.28. The first-order chi connectivity index (χ1) is 12.6. The molecule has 26 heavy (non-hydrogen) atoms. The second-order valence-electron chi connectivity index (χ2n) is 5.88. The number of nitrogens with zero attached hydrogens (tertiary/aromatic N) is 3. The highest BCUT2D eigenvalue weighted by Crippen LogP contribution is 2.23. The van der Waals surface area contributed by atoms with Crippen LogP contribution in [-0.2, 0) is 0 Å². The largest absolute Gasteiger partial charge is 0.305 e. The summed E-state index contributed by atoms with van der Waals surface area (Å²) in [6, 6.07) is 20.7. The van der Waals surface area contributed by atoms with E-state index in [1.54, 1.807) is 16.8 Å². The van der Waals surface area contributed by atoms with Crippen molar-refractivity contribution in [3.05, 3.63) is 83.1 Å². The van der Waals surface area contributed by atoms with E-state index in [0.29, 0.717) is 10.8 Å². The molecule has 0 bridgehead atoms. The summed E-state index contributed by atoms with van der Waals surface area (Å²) in [6.45, 7) is 1.87. The van der Waals surface area contributed by atoms with Crippen LogP contribution in [0.15, 0.2) is 66.7 Å². The zero-order valence-electron chi connectivity index (χ0n) is 14.0. The van der Waals surface area contributed by atoms with Gasteiger partial charge in [0.2, 0.25) is 0 Å². The lowest BCUT2D eigenvalue weighted by Crippen LogP contribution is -2.17. The number of anilines is 1. The minimum atomic E-state index is -0.377. The van der Waals surface area contributed by atoms with Gasteiger partial charge >= 0.3 is 0 Å². The van der Waals surface area contributed by atoms with Crippen LogP contribution in [0.3, 0.4) is 0 Å². The van der Waals surface area contributed by atoms with E-state index < -0.39 is 0 Å². The summed E-state index contributed by atoms with van der Waals surface area (Å²) < 4.78 is 1.68. The fourth-order valence-electron chi connectivity index (χ4n) is 2.78. The van der Waals surface area contributed by atoms with Crippen LogP contribution in [0.2, 0.25) is 5.02 Å². The van der Waals surface area contributed by atoms with Crippen molar-refractivity contribution in [1.29, 1.82) is 0 Å². The van der Waals surface area contributed by atoms with Gasteiger partial charge < -0.3 is 5.32 Å². The number of fused-ring (bicyclic) bond motifs is 1. The van der Waals surface area contributed by atoms with E-state index >= 15 is 0 Å². The Bertz CT molecular complexity index is 1110. The third kappa shape index (κ3) is 3.05. The number of aryl methyl sites for hydroxylation is 1. The van der Waals surface area contributed by atoms with Crippen molar-refractivity contribution in [2.24, 2.45) is 0 Å². The number of benzene rings is 2. The summed E-state index contributed by atoms with van der Waals surface area (Å²) in [6.07, 6.45) is 0. The van der Waals surface area contributed by atoms with Crippen molar-refractivity contribution in [3.8, 4) is 5.69 Å². The maximum atomic E-state index is 12.8. The maximum Gasteiger partial charge on any atom is 0.276 e. The Morgan fingerprint density at radius 3 is 2.58 bits per heavy atom. The molecule has 4 aromatic rings. The summed E-state index contributed by atoms with van der Waals surface area (Å²) in [7, 11) is 0. The van der Waals surface area contributed by atoms with Crippen LogP contribution in [0, 0.1) is 6.92 Å². The Kier molecular flexibility index (Phi) is 4.14. The lowest BCUT2D eigenvalue weighted by atomic mass is 10.2. The molecule has 0 radical (unpaired) electrons. The zero-order valence-corrected chi connectivity index (χ0v) is 14.7. The number of amides is 1. The average Bonchev–Trinajstić information content (AvgIpc) is 3.02. The first-order valence-corrected chi connectivity index (χ1v) is 8.48. The highest BCUT2D eigenvalue weighted by Gasteiger charge is 2.17. The summed E-state index contributed by atoms with van der Waals surface area (Å²) in [4.78, 5) is 17.2. The highest BCUT2D eigenvalue weighted by atomic mass is 35.5. The second-order valence-corrected chi connectivity index (χ2v) is 6.29.